The number of benzene rings is 1. The Morgan fingerprint density at radius 3 is 2.95 bits per heavy atom. The van der Waals surface area contributed by atoms with E-state index in [0.29, 0.717) is 5.78 Å². The van der Waals surface area contributed by atoms with Crippen LogP contribution in [0, 0.1) is 0 Å². The lowest BCUT2D eigenvalue weighted by Gasteiger charge is -2.04. The summed E-state index contributed by atoms with van der Waals surface area (Å²) in [5.41, 5.74) is 6.94. The van der Waals surface area contributed by atoms with Crippen LogP contribution in [0.4, 0.5) is 5.82 Å². The molecule has 3 aromatic rings. The van der Waals surface area contributed by atoms with E-state index in [1.165, 1.54) is 10.5 Å². The number of ether oxygens (including phenoxy) is 1. The van der Waals surface area contributed by atoms with E-state index >= 15 is 0 Å². The first-order valence-electron chi connectivity index (χ1n) is 5.70. The highest BCUT2D eigenvalue weighted by atomic mass is 16.5. The largest absolute Gasteiger partial charge is 0.496 e. The molecular weight excluding hydrogens is 244 g/mol. The molecule has 0 spiro atoms. The summed E-state index contributed by atoms with van der Waals surface area (Å²) in [5.74, 6) is 1.32. The minimum atomic E-state index is -0.222. The Hall–Kier alpha value is -2.76. The van der Waals surface area contributed by atoms with Crippen LogP contribution in [0.1, 0.15) is 0 Å². The van der Waals surface area contributed by atoms with Gasteiger partial charge in [-0.05, 0) is 12.1 Å². The van der Waals surface area contributed by atoms with Crippen molar-refractivity contribution in [3.05, 3.63) is 46.9 Å². The van der Waals surface area contributed by atoms with E-state index in [4.69, 9.17) is 10.5 Å². The fourth-order valence-electron chi connectivity index (χ4n) is 2.01. The molecule has 0 fully saturated rings. The third-order valence-electron chi connectivity index (χ3n) is 2.87. The average molecular weight is 256 g/mol. The Balaban J connectivity index is 2.26. The molecule has 2 aromatic heterocycles. The molecule has 0 aliphatic carbocycles. The number of para-hydroxylation sites is 1. The van der Waals surface area contributed by atoms with Gasteiger partial charge in [-0.25, -0.2) is 0 Å². The average Bonchev–Trinajstić information content (AvgIpc) is 2.82. The Labute approximate surface area is 108 Å². The Morgan fingerprint density at radius 1 is 1.37 bits per heavy atom. The van der Waals surface area contributed by atoms with Crippen molar-refractivity contribution < 1.29 is 4.74 Å². The van der Waals surface area contributed by atoms with Gasteiger partial charge in [0.2, 0.25) is 5.78 Å². The number of hydrogen-bond donors (Lipinski definition) is 2. The van der Waals surface area contributed by atoms with Crippen LogP contribution in [0.2, 0.25) is 0 Å². The van der Waals surface area contributed by atoms with Crippen molar-refractivity contribution in [3.8, 4) is 17.0 Å². The number of methoxy groups -OCH3 is 1. The van der Waals surface area contributed by atoms with Crippen molar-refractivity contribution in [2.24, 2.45) is 0 Å². The van der Waals surface area contributed by atoms with Crippen LogP contribution < -0.4 is 16.0 Å². The second-order valence-electron chi connectivity index (χ2n) is 4.08. The maximum atomic E-state index is 11.8. The number of nitrogen functional groups attached to an aromatic ring is 1. The smallest absolute Gasteiger partial charge is 0.261 e. The molecule has 0 bridgehead atoms. The first kappa shape index (κ1) is 11.3. The van der Waals surface area contributed by atoms with Crippen molar-refractivity contribution in [1.29, 1.82) is 0 Å². The van der Waals surface area contributed by atoms with Crippen molar-refractivity contribution in [3.63, 3.8) is 0 Å². The number of imidazole rings is 1. The normalized spacial score (nSPS) is 10.8. The van der Waals surface area contributed by atoms with E-state index in [2.05, 4.69) is 9.97 Å². The lowest BCUT2D eigenvalue weighted by Crippen LogP contribution is -2.13. The van der Waals surface area contributed by atoms with Crippen LogP contribution in [0.25, 0.3) is 17.0 Å². The molecule has 2 heterocycles. The predicted molar refractivity (Wildman–Crippen MR) is 72.2 cm³/mol. The number of fused-ring (bicyclic) bond motifs is 1. The molecular formula is C13H12N4O2. The van der Waals surface area contributed by atoms with Gasteiger partial charge in [0.15, 0.2) is 0 Å². The van der Waals surface area contributed by atoms with Gasteiger partial charge in [0.25, 0.3) is 5.56 Å². The Morgan fingerprint density at radius 2 is 2.16 bits per heavy atom. The Bertz CT molecular complexity index is 804. The van der Waals surface area contributed by atoms with Crippen molar-refractivity contribution in [1.82, 2.24) is 14.4 Å². The summed E-state index contributed by atoms with van der Waals surface area (Å²) < 4.78 is 6.71. The van der Waals surface area contributed by atoms with Gasteiger partial charge >= 0.3 is 0 Å². The summed E-state index contributed by atoms with van der Waals surface area (Å²) >= 11 is 0. The SMILES string of the molecule is COc1ccccc1-c1cn2c(=O)cc(N)nc2[nH]1. The summed E-state index contributed by atoms with van der Waals surface area (Å²) in [7, 11) is 1.60. The minimum absolute atomic E-state index is 0.193. The van der Waals surface area contributed by atoms with Gasteiger partial charge in [-0.15, -0.1) is 0 Å². The number of H-pyrrole nitrogens is 1. The van der Waals surface area contributed by atoms with E-state index in [1.54, 1.807) is 13.3 Å². The van der Waals surface area contributed by atoms with Crippen molar-refractivity contribution in [2.45, 2.75) is 0 Å². The van der Waals surface area contributed by atoms with E-state index < -0.39 is 0 Å². The van der Waals surface area contributed by atoms with Gasteiger partial charge in [-0.3, -0.25) is 9.20 Å². The van der Waals surface area contributed by atoms with Crippen LogP contribution in [0.5, 0.6) is 5.75 Å². The molecule has 0 saturated carbocycles. The number of nitrogens with two attached hydrogens (primary N) is 1. The molecule has 3 N–H and O–H groups in total. The predicted octanol–water partition coefficient (Wildman–Crippen LogP) is 1.28. The molecule has 0 unspecified atom stereocenters. The summed E-state index contributed by atoms with van der Waals surface area (Å²) in [6.07, 6.45) is 1.68. The molecule has 19 heavy (non-hydrogen) atoms. The molecule has 0 radical (unpaired) electrons. The van der Waals surface area contributed by atoms with Crippen LogP contribution in [0.3, 0.4) is 0 Å². The maximum Gasteiger partial charge on any atom is 0.261 e. The quantitative estimate of drug-likeness (QED) is 0.723. The number of aromatic nitrogens is 3. The zero-order valence-corrected chi connectivity index (χ0v) is 10.3. The zero-order chi connectivity index (χ0) is 13.4. The van der Waals surface area contributed by atoms with E-state index in [9.17, 15) is 4.79 Å². The lowest BCUT2D eigenvalue weighted by atomic mass is 10.1. The molecule has 6 heteroatoms. The molecule has 1 aromatic carbocycles. The van der Waals surface area contributed by atoms with Crippen LogP contribution in [0.15, 0.2) is 41.3 Å². The molecule has 96 valence electrons. The second kappa shape index (κ2) is 4.16. The highest BCUT2D eigenvalue weighted by Crippen LogP contribution is 2.28. The van der Waals surface area contributed by atoms with Gasteiger partial charge < -0.3 is 15.5 Å². The van der Waals surface area contributed by atoms with Gasteiger partial charge in [-0.1, -0.05) is 12.1 Å². The number of nitrogens with one attached hydrogen (secondary N) is 1. The van der Waals surface area contributed by atoms with E-state index in [-0.39, 0.29) is 11.4 Å². The summed E-state index contributed by atoms with van der Waals surface area (Å²) in [6.45, 7) is 0. The topological polar surface area (TPSA) is 85.4 Å². The molecule has 0 aliphatic heterocycles. The summed E-state index contributed by atoms with van der Waals surface area (Å²) in [5, 5.41) is 0. The first-order chi connectivity index (χ1) is 9.19. The fourth-order valence-corrected chi connectivity index (χ4v) is 2.01. The molecule has 0 aliphatic rings. The lowest BCUT2D eigenvalue weighted by molar-refractivity contribution is 0.416. The second-order valence-corrected chi connectivity index (χ2v) is 4.08. The first-order valence-corrected chi connectivity index (χ1v) is 5.70. The zero-order valence-electron chi connectivity index (χ0n) is 10.3. The third kappa shape index (κ3) is 1.83. The molecule has 0 amide bonds. The highest BCUT2D eigenvalue weighted by Gasteiger charge is 2.10. The number of rotatable bonds is 2. The van der Waals surface area contributed by atoms with Gasteiger partial charge in [0.05, 0.1) is 12.8 Å². The minimum Gasteiger partial charge on any atom is -0.496 e. The van der Waals surface area contributed by atoms with Gasteiger partial charge in [0, 0.05) is 17.8 Å². The molecule has 6 nitrogen and oxygen atoms in total. The standard InChI is InChI=1S/C13H12N4O2/c1-19-10-5-3-2-4-8(10)9-7-17-12(18)6-11(14)16-13(17)15-9/h2-7H,14H2,1H3,(H,15,16). The number of nitrogens with zero attached hydrogens (tertiary/aromatic N) is 2. The number of anilines is 1. The number of aromatic amines is 1. The Kier molecular flexibility index (Phi) is 2.49. The van der Waals surface area contributed by atoms with Crippen molar-refractivity contribution in [2.75, 3.05) is 12.8 Å². The van der Waals surface area contributed by atoms with Crippen LogP contribution in [-0.4, -0.2) is 21.5 Å². The van der Waals surface area contributed by atoms with E-state index in [0.717, 1.165) is 17.0 Å². The molecule has 3 rings (SSSR count). The van der Waals surface area contributed by atoms with Gasteiger partial charge in [-0.2, -0.15) is 4.98 Å². The number of hydrogen-bond acceptors (Lipinski definition) is 4. The fraction of sp³-hybridized carbons (Fsp3) is 0.0769. The molecule has 0 atom stereocenters. The maximum absolute atomic E-state index is 11.8. The van der Waals surface area contributed by atoms with Crippen molar-refractivity contribution >= 4 is 11.6 Å². The third-order valence-corrected chi connectivity index (χ3v) is 2.87. The van der Waals surface area contributed by atoms with Gasteiger partial charge in [0.1, 0.15) is 11.6 Å². The van der Waals surface area contributed by atoms with Crippen LogP contribution >= 0.6 is 0 Å². The molecule has 0 saturated heterocycles. The highest BCUT2D eigenvalue weighted by molar-refractivity contribution is 5.68. The summed E-state index contributed by atoms with van der Waals surface area (Å²) in [4.78, 5) is 18.9. The summed E-state index contributed by atoms with van der Waals surface area (Å²) in [6, 6.07) is 8.82. The van der Waals surface area contributed by atoms with Crippen LogP contribution in [-0.2, 0) is 0 Å². The van der Waals surface area contributed by atoms with E-state index in [1.807, 2.05) is 24.3 Å². The monoisotopic (exact) mass is 256 g/mol.